The highest BCUT2D eigenvalue weighted by atomic mass is 32.1. The molecule has 0 N–H and O–H groups in total. The Morgan fingerprint density at radius 2 is 1.95 bits per heavy atom. The van der Waals surface area contributed by atoms with E-state index in [1.54, 1.807) is 11.3 Å². The molecule has 0 aromatic carbocycles. The van der Waals surface area contributed by atoms with Crippen molar-refractivity contribution in [2.75, 3.05) is 58.3 Å². The van der Waals surface area contributed by atoms with E-state index in [1.165, 1.54) is 0 Å². The van der Waals surface area contributed by atoms with Gasteiger partial charge in [0.25, 0.3) is 0 Å². The van der Waals surface area contributed by atoms with Crippen LogP contribution in [0.5, 0.6) is 0 Å². The molecule has 0 saturated carbocycles. The smallest absolute Gasteiger partial charge is 0.186 e. The zero-order chi connectivity index (χ0) is 14.8. The summed E-state index contributed by atoms with van der Waals surface area (Å²) in [4.78, 5) is 24.7. The van der Waals surface area contributed by atoms with Gasteiger partial charge >= 0.3 is 0 Å². The molecule has 21 heavy (non-hydrogen) atoms. The molecule has 2 aliphatic rings. The highest BCUT2D eigenvalue weighted by Crippen LogP contribution is 2.32. The molecule has 3 rings (SSSR count). The lowest BCUT2D eigenvalue weighted by Crippen LogP contribution is -2.48. The van der Waals surface area contributed by atoms with E-state index in [1.807, 2.05) is 0 Å². The van der Waals surface area contributed by atoms with Crippen LogP contribution in [0.15, 0.2) is 0 Å². The zero-order valence-corrected chi connectivity index (χ0v) is 13.8. The molecule has 0 spiro atoms. The van der Waals surface area contributed by atoms with Gasteiger partial charge in [0.2, 0.25) is 0 Å². The van der Waals surface area contributed by atoms with Gasteiger partial charge in [0.1, 0.15) is 0 Å². The van der Waals surface area contributed by atoms with Gasteiger partial charge in [-0.1, -0.05) is 11.3 Å². The number of nitrogens with zero attached hydrogens (tertiary/aromatic N) is 4. The van der Waals surface area contributed by atoms with Crippen LogP contribution in [0.25, 0.3) is 0 Å². The first-order valence-corrected chi connectivity index (χ1v) is 8.60. The van der Waals surface area contributed by atoms with Gasteiger partial charge in [0, 0.05) is 45.7 Å². The van der Waals surface area contributed by atoms with Gasteiger partial charge in [-0.05, 0) is 26.9 Å². The third-order valence-corrected chi connectivity index (χ3v) is 5.46. The van der Waals surface area contributed by atoms with E-state index in [9.17, 15) is 4.79 Å². The van der Waals surface area contributed by atoms with Crippen LogP contribution in [-0.2, 0) is 6.42 Å². The Morgan fingerprint density at radius 1 is 1.19 bits per heavy atom. The fourth-order valence-electron chi connectivity index (χ4n) is 2.90. The zero-order valence-electron chi connectivity index (χ0n) is 13.0. The lowest BCUT2D eigenvalue weighted by molar-refractivity contribution is 0.0976. The molecular weight excluding hydrogens is 284 g/mol. The lowest BCUT2D eigenvalue weighted by atomic mass is 10.0. The van der Waals surface area contributed by atoms with E-state index < -0.39 is 0 Å². The average molecular weight is 308 g/mol. The van der Waals surface area contributed by atoms with Gasteiger partial charge in [0.05, 0.1) is 10.6 Å². The first kappa shape index (κ1) is 14.9. The quantitative estimate of drug-likeness (QED) is 0.839. The summed E-state index contributed by atoms with van der Waals surface area (Å²) in [5.41, 5.74) is 1.04. The summed E-state index contributed by atoms with van der Waals surface area (Å²) in [7, 11) is 4.24. The summed E-state index contributed by atoms with van der Waals surface area (Å²) in [6, 6.07) is 0. The summed E-state index contributed by atoms with van der Waals surface area (Å²) in [6.07, 6.45) is 2.64. The van der Waals surface area contributed by atoms with Crippen LogP contribution in [0, 0.1) is 0 Å². The maximum atomic E-state index is 11.9. The normalized spacial score (nSPS) is 20.1. The molecule has 0 amide bonds. The van der Waals surface area contributed by atoms with Crippen molar-refractivity contribution in [3.8, 4) is 0 Å². The van der Waals surface area contributed by atoms with Crippen molar-refractivity contribution in [1.82, 2.24) is 14.8 Å². The highest BCUT2D eigenvalue weighted by molar-refractivity contribution is 7.17. The number of hydrogen-bond donors (Lipinski definition) is 0. The number of carbonyl (C=O) groups excluding carboxylic acids is 1. The minimum Gasteiger partial charge on any atom is -0.346 e. The predicted octanol–water partition coefficient (Wildman–Crippen LogP) is 1.35. The van der Waals surface area contributed by atoms with Crippen molar-refractivity contribution in [2.24, 2.45) is 0 Å². The van der Waals surface area contributed by atoms with E-state index in [2.05, 4.69) is 28.8 Å². The summed E-state index contributed by atoms with van der Waals surface area (Å²) in [5, 5.41) is 1.06. The first-order chi connectivity index (χ1) is 10.1. The molecule has 116 valence electrons. The number of aryl methyl sites for hydroxylation is 1. The second-order valence-corrected chi connectivity index (χ2v) is 7.16. The van der Waals surface area contributed by atoms with Crippen molar-refractivity contribution in [3.63, 3.8) is 0 Å². The van der Waals surface area contributed by atoms with Crippen molar-refractivity contribution in [2.45, 2.75) is 19.3 Å². The van der Waals surface area contributed by atoms with Gasteiger partial charge in [-0.3, -0.25) is 9.69 Å². The summed E-state index contributed by atoms with van der Waals surface area (Å²) in [6.45, 7) is 6.47. The van der Waals surface area contributed by atoms with Crippen LogP contribution in [0.3, 0.4) is 0 Å². The van der Waals surface area contributed by atoms with Crippen molar-refractivity contribution >= 4 is 22.3 Å². The van der Waals surface area contributed by atoms with Gasteiger partial charge in [-0.15, -0.1) is 0 Å². The Labute approximate surface area is 130 Å². The summed E-state index contributed by atoms with van der Waals surface area (Å²) >= 11 is 1.61. The number of carbonyl (C=O) groups is 1. The molecule has 1 aliphatic carbocycles. The van der Waals surface area contributed by atoms with Gasteiger partial charge < -0.3 is 9.80 Å². The SMILES string of the molecule is CN(C)CCN1CCN(c2nc3c(s2)C(=O)CCC3)CC1. The van der Waals surface area contributed by atoms with Gasteiger partial charge in [-0.25, -0.2) is 4.98 Å². The fourth-order valence-corrected chi connectivity index (χ4v) is 4.03. The Kier molecular flexibility index (Phi) is 4.57. The van der Waals surface area contributed by atoms with Crippen molar-refractivity contribution < 1.29 is 4.79 Å². The molecule has 1 aromatic heterocycles. The molecule has 5 nitrogen and oxygen atoms in total. The molecule has 0 radical (unpaired) electrons. The Hall–Kier alpha value is -0.980. The molecule has 0 unspecified atom stereocenters. The van der Waals surface area contributed by atoms with Crippen molar-refractivity contribution in [3.05, 3.63) is 10.6 Å². The second-order valence-electron chi connectivity index (χ2n) is 6.18. The van der Waals surface area contributed by atoms with Crippen LogP contribution in [-0.4, -0.2) is 73.9 Å². The number of aromatic nitrogens is 1. The first-order valence-electron chi connectivity index (χ1n) is 7.78. The van der Waals surface area contributed by atoms with Gasteiger partial charge in [0.15, 0.2) is 10.9 Å². The Morgan fingerprint density at radius 3 is 2.62 bits per heavy atom. The molecule has 0 bridgehead atoms. The third-order valence-electron chi connectivity index (χ3n) is 4.26. The van der Waals surface area contributed by atoms with E-state index >= 15 is 0 Å². The fraction of sp³-hybridized carbons (Fsp3) is 0.733. The number of Topliss-reactive ketones (excluding diaryl/α,β-unsaturated/α-hetero) is 1. The van der Waals surface area contributed by atoms with Crippen LogP contribution >= 0.6 is 11.3 Å². The van der Waals surface area contributed by atoms with Crippen LogP contribution in [0.4, 0.5) is 5.13 Å². The minimum atomic E-state index is 0.296. The standard InChI is InChI=1S/C15H24N4OS/c1-17(2)6-7-18-8-10-19(11-9-18)15-16-12-4-3-5-13(20)14(12)21-15/h3-11H2,1-2H3. The number of thiazole rings is 1. The molecule has 2 heterocycles. The highest BCUT2D eigenvalue weighted by Gasteiger charge is 2.25. The third kappa shape index (κ3) is 3.44. The van der Waals surface area contributed by atoms with Crippen molar-refractivity contribution in [1.29, 1.82) is 0 Å². The van der Waals surface area contributed by atoms with Crippen LogP contribution in [0.1, 0.15) is 28.2 Å². The maximum Gasteiger partial charge on any atom is 0.186 e. The van der Waals surface area contributed by atoms with Gasteiger partial charge in [-0.2, -0.15) is 0 Å². The molecule has 6 heteroatoms. The molecule has 1 aliphatic heterocycles. The van der Waals surface area contributed by atoms with E-state index in [4.69, 9.17) is 4.98 Å². The largest absolute Gasteiger partial charge is 0.346 e. The topological polar surface area (TPSA) is 39.7 Å². The number of likely N-dealkylation sites (N-methyl/N-ethyl adjacent to an activating group) is 1. The maximum absolute atomic E-state index is 11.9. The number of ketones is 1. The molecule has 0 atom stereocenters. The van der Waals surface area contributed by atoms with E-state index in [-0.39, 0.29) is 0 Å². The summed E-state index contributed by atoms with van der Waals surface area (Å²) in [5.74, 6) is 0.296. The number of anilines is 1. The number of rotatable bonds is 4. The monoisotopic (exact) mass is 308 g/mol. The molecular formula is C15H24N4OS. The molecule has 1 aromatic rings. The summed E-state index contributed by atoms with van der Waals surface area (Å²) < 4.78 is 0. The molecule has 1 saturated heterocycles. The van der Waals surface area contributed by atoms with Crippen LogP contribution in [0.2, 0.25) is 0 Å². The second kappa shape index (κ2) is 6.42. The Bertz CT molecular complexity index is 506. The minimum absolute atomic E-state index is 0.296. The average Bonchev–Trinajstić information content (AvgIpc) is 2.91. The van der Waals surface area contributed by atoms with E-state index in [0.717, 1.165) is 67.8 Å². The number of piperazine rings is 1. The number of fused-ring (bicyclic) bond motifs is 1. The number of hydrogen-bond acceptors (Lipinski definition) is 6. The molecule has 1 fully saturated rings. The van der Waals surface area contributed by atoms with Crippen LogP contribution < -0.4 is 4.90 Å². The predicted molar refractivity (Wildman–Crippen MR) is 86.6 cm³/mol. The lowest BCUT2D eigenvalue weighted by Gasteiger charge is -2.35. The van der Waals surface area contributed by atoms with E-state index in [0.29, 0.717) is 12.2 Å². The Balaban J connectivity index is 1.58.